The molecule has 20 heavy (non-hydrogen) atoms. The largest absolute Gasteiger partial charge is 0.369 e. The van der Waals surface area contributed by atoms with Crippen LogP contribution in [-0.4, -0.2) is 27.0 Å². The van der Waals surface area contributed by atoms with Crippen molar-refractivity contribution in [1.29, 1.82) is 0 Å². The maximum absolute atomic E-state index is 5.50. The van der Waals surface area contributed by atoms with Gasteiger partial charge in [0.15, 0.2) is 0 Å². The van der Waals surface area contributed by atoms with Gasteiger partial charge in [0.1, 0.15) is 17.5 Å². The fraction of sp³-hybridized carbons (Fsp3) is 0.714. The van der Waals surface area contributed by atoms with Crippen LogP contribution in [0.5, 0.6) is 0 Å². The van der Waals surface area contributed by atoms with Gasteiger partial charge in [-0.3, -0.25) is 0 Å². The van der Waals surface area contributed by atoms with E-state index in [2.05, 4.69) is 48.4 Å². The second-order valence-corrected chi connectivity index (χ2v) is 8.29. The van der Waals surface area contributed by atoms with E-state index in [4.69, 9.17) is 5.84 Å². The summed E-state index contributed by atoms with van der Waals surface area (Å²) in [5.74, 6) is 9.04. The van der Waals surface area contributed by atoms with Gasteiger partial charge in [-0.15, -0.1) is 0 Å². The highest BCUT2D eigenvalue weighted by Crippen LogP contribution is 2.37. The van der Waals surface area contributed by atoms with E-state index < -0.39 is 0 Å². The van der Waals surface area contributed by atoms with Crippen molar-refractivity contribution in [3.05, 3.63) is 11.9 Å². The van der Waals surface area contributed by atoms with Crippen LogP contribution in [0.25, 0.3) is 0 Å². The summed E-state index contributed by atoms with van der Waals surface area (Å²) in [5, 5.41) is 3.45. The molecule has 5 nitrogen and oxygen atoms in total. The normalized spacial score (nSPS) is 22.9. The summed E-state index contributed by atoms with van der Waals surface area (Å²) in [6, 6.07) is 1.86. The lowest BCUT2D eigenvalue weighted by Gasteiger charge is -2.24. The average Bonchev–Trinajstić information content (AvgIpc) is 2.82. The number of thioether (sulfide) groups is 1. The number of rotatable bonds is 4. The highest BCUT2D eigenvalue weighted by Gasteiger charge is 2.29. The van der Waals surface area contributed by atoms with E-state index in [1.807, 2.05) is 17.8 Å². The quantitative estimate of drug-likeness (QED) is 0.586. The minimum absolute atomic E-state index is 0.102. The molecule has 1 aliphatic heterocycles. The molecule has 2 heterocycles. The van der Waals surface area contributed by atoms with Gasteiger partial charge in [0.2, 0.25) is 0 Å². The Hall–Kier alpha value is -1.01. The molecule has 1 atom stereocenters. The van der Waals surface area contributed by atoms with E-state index in [0.717, 1.165) is 18.2 Å². The van der Waals surface area contributed by atoms with E-state index in [-0.39, 0.29) is 5.41 Å². The topological polar surface area (TPSA) is 75.9 Å². The van der Waals surface area contributed by atoms with Gasteiger partial charge in [-0.2, -0.15) is 11.8 Å². The second kappa shape index (κ2) is 5.77. The summed E-state index contributed by atoms with van der Waals surface area (Å²) >= 11 is 2.04. The first-order valence-electron chi connectivity index (χ1n) is 7.06. The molecule has 1 aliphatic rings. The molecule has 2 rings (SSSR count). The Kier molecular flexibility index (Phi) is 4.44. The number of nitrogens with zero attached hydrogens (tertiary/aromatic N) is 2. The molecule has 1 aromatic rings. The van der Waals surface area contributed by atoms with Crippen molar-refractivity contribution in [1.82, 2.24) is 9.97 Å². The third-order valence-electron chi connectivity index (χ3n) is 3.49. The fourth-order valence-corrected chi connectivity index (χ4v) is 3.45. The van der Waals surface area contributed by atoms with Gasteiger partial charge < -0.3 is 10.7 Å². The minimum atomic E-state index is -0.102. The van der Waals surface area contributed by atoms with E-state index in [9.17, 15) is 0 Å². The fourth-order valence-electron chi connectivity index (χ4n) is 2.20. The van der Waals surface area contributed by atoms with Crippen LogP contribution >= 0.6 is 11.8 Å². The standard InChI is InChI=1S/C14H25N5S/c1-13(2,3)12-17-10(8-11(18-12)19-15)16-9-14(4)6-5-7-20-14/h8H,5-7,9,15H2,1-4H3,(H2,16,17,18,19). The van der Waals surface area contributed by atoms with Crippen LogP contribution < -0.4 is 16.6 Å². The van der Waals surface area contributed by atoms with Crippen LogP contribution in [0.2, 0.25) is 0 Å². The molecule has 4 N–H and O–H groups in total. The predicted octanol–water partition coefficient (Wildman–Crippen LogP) is 2.76. The Balaban J connectivity index is 2.14. The summed E-state index contributed by atoms with van der Waals surface area (Å²) in [6.45, 7) is 9.52. The van der Waals surface area contributed by atoms with Gasteiger partial charge in [0.05, 0.1) is 0 Å². The lowest BCUT2D eigenvalue weighted by molar-refractivity contribution is 0.546. The lowest BCUT2D eigenvalue weighted by Crippen LogP contribution is -2.28. The van der Waals surface area contributed by atoms with Crippen molar-refractivity contribution in [3.8, 4) is 0 Å². The van der Waals surface area contributed by atoms with E-state index in [1.165, 1.54) is 18.6 Å². The summed E-state index contributed by atoms with van der Waals surface area (Å²) in [7, 11) is 0. The molecule has 0 aliphatic carbocycles. The van der Waals surface area contributed by atoms with Crippen LogP contribution in [-0.2, 0) is 5.41 Å². The molecule has 1 fully saturated rings. The molecule has 0 amide bonds. The molecule has 0 aromatic carbocycles. The predicted molar refractivity (Wildman–Crippen MR) is 87.1 cm³/mol. The minimum Gasteiger partial charge on any atom is -0.369 e. The summed E-state index contributed by atoms with van der Waals surface area (Å²) in [6.07, 6.45) is 2.55. The average molecular weight is 295 g/mol. The molecular formula is C14H25N5S. The number of nitrogens with two attached hydrogens (primary N) is 1. The van der Waals surface area contributed by atoms with Crippen molar-refractivity contribution in [3.63, 3.8) is 0 Å². The Morgan fingerprint density at radius 3 is 2.60 bits per heavy atom. The molecule has 112 valence electrons. The summed E-state index contributed by atoms with van der Waals surface area (Å²) < 4.78 is 0.309. The molecule has 1 aromatic heterocycles. The third kappa shape index (κ3) is 3.76. The summed E-state index contributed by atoms with van der Waals surface area (Å²) in [4.78, 5) is 9.05. The number of hydrogen-bond acceptors (Lipinski definition) is 6. The zero-order valence-electron chi connectivity index (χ0n) is 12.8. The lowest BCUT2D eigenvalue weighted by atomic mass is 9.96. The van der Waals surface area contributed by atoms with E-state index in [1.54, 1.807) is 0 Å². The van der Waals surface area contributed by atoms with Gasteiger partial charge in [-0.05, 0) is 25.5 Å². The van der Waals surface area contributed by atoms with E-state index >= 15 is 0 Å². The SMILES string of the molecule is CC1(CNc2cc(NN)nc(C(C)(C)C)n2)CCCS1. The maximum Gasteiger partial charge on any atom is 0.145 e. The van der Waals surface area contributed by atoms with Gasteiger partial charge in [-0.1, -0.05) is 20.8 Å². The van der Waals surface area contributed by atoms with Gasteiger partial charge in [0, 0.05) is 22.8 Å². The highest BCUT2D eigenvalue weighted by molar-refractivity contribution is 8.00. The Labute approximate surface area is 125 Å². The number of aromatic nitrogens is 2. The monoisotopic (exact) mass is 295 g/mol. The first-order valence-corrected chi connectivity index (χ1v) is 8.05. The molecule has 0 bridgehead atoms. The van der Waals surface area contributed by atoms with E-state index in [0.29, 0.717) is 10.6 Å². The smallest absolute Gasteiger partial charge is 0.145 e. The molecule has 1 unspecified atom stereocenters. The first kappa shape index (κ1) is 15.4. The molecule has 0 saturated carbocycles. The number of hydrogen-bond donors (Lipinski definition) is 3. The van der Waals surface area contributed by atoms with Crippen molar-refractivity contribution in [2.75, 3.05) is 23.0 Å². The van der Waals surface area contributed by atoms with Crippen molar-refractivity contribution in [2.24, 2.45) is 5.84 Å². The Morgan fingerprint density at radius 1 is 1.35 bits per heavy atom. The van der Waals surface area contributed by atoms with Crippen LogP contribution in [0.15, 0.2) is 6.07 Å². The van der Waals surface area contributed by atoms with Crippen molar-refractivity contribution >= 4 is 23.4 Å². The summed E-state index contributed by atoms with van der Waals surface area (Å²) in [5.41, 5.74) is 2.52. The molecule has 0 radical (unpaired) electrons. The number of nitrogen functional groups attached to an aromatic ring is 1. The second-order valence-electron chi connectivity index (χ2n) is 6.61. The zero-order chi connectivity index (χ0) is 14.8. The van der Waals surface area contributed by atoms with Crippen LogP contribution in [0, 0.1) is 0 Å². The van der Waals surface area contributed by atoms with Crippen LogP contribution in [0.3, 0.4) is 0 Å². The van der Waals surface area contributed by atoms with Gasteiger partial charge in [0.25, 0.3) is 0 Å². The third-order valence-corrected chi connectivity index (χ3v) is 5.03. The maximum atomic E-state index is 5.50. The molecule has 6 heteroatoms. The van der Waals surface area contributed by atoms with Gasteiger partial charge in [-0.25, -0.2) is 15.8 Å². The first-order chi connectivity index (χ1) is 9.32. The highest BCUT2D eigenvalue weighted by atomic mass is 32.2. The van der Waals surface area contributed by atoms with Crippen LogP contribution in [0.4, 0.5) is 11.6 Å². The number of nitrogens with one attached hydrogen (secondary N) is 2. The molecule has 0 spiro atoms. The van der Waals surface area contributed by atoms with Crippen molar-refractivity contribution in [2.45, 2.75) is 50.7 Å². The Bertz CT molecular complexity index is 463. The molecule has 1 saturated heterocycles. The Morgan fingerprint density at radius 2 is 2.05 bits per heavy atom. The number of anilines is 2. The zero-order valence-corrected chi connectivity index (χ0v) is 13.6. The van der Waals surface area contributed by atoms with Crippen molar-refractivity contribution < 1.29 is 0 Å². The van der Waals surface area contributed by atoms with Gasteiger partial charge >= 0.3 is 0 Å². The number of hydrazine groups is 1. The van der Waals surface area contributed by atoms with Crippen LogP contribution in [0.1, 0.15) is 46.4 Å². The molecular weight excluding hydrogens is 270 g/mol.